The van der Waals surface area contributed by atoms with Crippen molar-refractivity contribution in [1.29, 1.82) is 0 Å². The molecule has 0 aliphatic carbocycles. The normalized spacial score (nSPS) is 18.6. The van der Waals surface area contributed by atoms with E-state index in [-0.39, 0.29) is 0 Å². The number of carbonyl (C=O) groups is 1. The van der Waals surface area contributed by atoms with Gasteiger partial charge in [0.15, 0.2) is 0 Å². The molecule has 1 saturated heterocycles. The Morgan fingerprint density at radius 1 is 1.47 bits per heavy atom. The Labute approximate surface area is 111 Å². The van der Waals surface area contributed by atoms with Crippen LogP contribution in [0.15, 0.2) is 12.4 Å². The quantitative estimate of drug-likeness (QED) is 0.758. The molecule has 2 heterocycles. The lowest BCUT2D eigenvalue weighted by Gasteiger charge is -2.19. The van der Waals surface area contributed by atoms with Crippen LogP contribution in [0.25, 0.3) is 0 Å². The van der Waals surface area contributed by atoms with E-state index in [1.807, 2.05) is 0 Å². The molecule has 0 aromatic carbocycles. The fourth-order valence-corrected chi connectivity index (χ4v) is 3.42. The molecule has 1 aromatic rings. The number of nitrogens with zero attached hydrogens (tertiary/aromatic N) is 3. The first-order valence-corrected chi connectivity index (χ1v) is 7.33. The highest BCUT2D eigenvalue weighted by molar-refractivity contribution is 7.87. The minimum absolute atomic E-state index is 0.303. The molecule has 8 nitrogen and oxygen atoms in total. The smallest absolute Gasteiger partial charge is 0.326 e. The number of carboxylic acids is 1. The maximum absolute atomic E-state index is 12.1. The third-order valence-corrected chi connectivity index (χ3v) is 4.56. The van der Waals surface area contributed by atoms with Gasteiger partial charge in [0.2, 0.25) is 0 Å². The summed E-state index contributed by atoms with van der Waals surface area (Å²) in [6.45, 7) is 0.851. The van der Waals surface area contributed by atoms with Gasteiger partial charge in [-0.15, -0.1) is 0 Å². The summed E-state index contributed by atoms with van der Waals surface area (Å²) in [5.41, 5.74) is 0.303. The summed E-state index contributed by atoms with van der Waals surface area (Å²) < 4.78 is 29.0. The van der Waals surface area contributed by atoms with Crippen LogP contribution in [-0.4, -0.2) is 46.7 Å². The number of hydrogen-bond acceptors (Lipinski definition) is 4. The maximum Gasteiger partial charge on any atom is 0.326 e. The highest BCUT2D eigenvalue weighted by Crippen LogP contribution is 2.17. The first-order chi connectivity index (χ1) is 8.90. The minimum Gasteiger partial charge on any atom is -0.480 e. The summed E-state index contributed by atoms with van der Waals surface area (Å²) in [6, 6.07) is -1.32. The minimum atomic E-state index is -3.78. The zero-order valence-electron chi connectivity index (χ0n) is 10.5. The van der Waals surface area contributed by atoms with Gasteiger partial charge in [-0.05, 0) is 12.8 Å². The van der Waals surface area contributed by atoms with Gasteiger partial charge in [-0.25, -0.2) is 0 Å². The monoisotopic (exact) mass is 288 g/mol. The topological polar surface area (TPSA) is 105 Å². The van der Waals surface area contributed by atoms with Crippen molar-refractivity contribution in [2.24, 2.45) is 7.05 Å². The van der Waals surface area contributed by atoms with Gasteiger partial charge >= 0.3 is 5.97 Å². The second-order valence-electron chi connectivity index (χ2n) is 4.45. The molecule has 1 aliphatic rings. The van der Waals surface area contributed by atoms with Crippen molar-refractivity contribution in [2.75, 3.05) is 13.1 Å². The number of carboxylic acid groups (broad SMARTS) is 1. The van der Waals surface area contributed by atoms with Crippen LogP contribution in [0.2, 0.25) is 0 Å². The maximum atomic E-state index is 12.1. The number of aliphatic carboxylic acids is 1. The SMILES string of the molecule is Cn1cc(C(NS(=O)(=O)N2CCCC2)C(=O)O)cn1. The average molecular weight is 288 g/mol. The molecule has 1 aromatic heterocycles. The fraction of sp³-hybridized carbons (Fsp3) is 0.600. The van der Waals surface area contributed by atoms with Crippen molar-refractivity contribution >= 4 is 16.2 Å². The molecule has 106 valence electrons. The van der Waals surface area contributed by atoms with Crippen LogP contribution in [0, 0.1) is 0 Å². The molecule has 2 N–H and O–H groups in total. The van der Waals surface area contributed by atoms with E-state index < -0.39 is 22.2 Å². The summed E-state index contributed by atoms with van der Waals surface area (Å²) in [5.74, 6) is -1.25. The molecule has 9 heteroatoms. The van der Waals surface area contributed by atoms with Crippen LogP contribution in [-0.2, 0) is 22.1 Å². The summed E-state index contributed by atoms with van der Waals surface area (Å²) in [5, 5.41) is 13.0. The molecule has 1 unspecified atom stereocenters. The molecule has 2 rings (SSSR count). The predicted octanol–water partition coefficient (Wildman–Crippen LogP) is -0.524. The van der Waals surface area contributed by atoms with Crippen molar-refractivity contribution in [2.45, 2.75) is 18.9 Å². The van der Waals surface area contributed by atoms with E-state index >= 15 is 0 Å². The molecule has 0 saturated carbocycles. The molecule has 19 heavy (non-hydrogen) atoms. The third kappa shape index (κ3) is 3.11. The molecule has 1 fully saturated rings. The summed E-state index contributed by atoms with van der Waals surface area (Å²) in [6.07, 6.45) is 4.41. The molecule has 0 spiro atoms. The van der Waals surface area contributed by atoms with Gasteiger partial charge in [-0.1, -0.05) is 0 Å². The first-order valence-electron chi connectivity index (χ1n) is 5.89. The van der Waals surface area contributed by atoms with Gasteiger partial charge in [0.1, 0.15) is 6.04 Å². The second-order valence-corrected chi connectivity index (χ2v) is 6.15. The lowest BCUT2D eigenvalue weighted by atomic mass is 10.2. The number of aryl methyl sites for hydroxylation is 1. The lowest BCUT2D eigenvalue weighted by molar-refractivity contribution is -0.139. The van der Waals surface area contributed by atoms with E-state index in [9.17, 15) is 13.2 Å². The number of rotatable bonds is 5. The highest BCUT2D eigenvalue weighted by Gasteiger charge is 2.32. The summed E-state index contributed by atoms with van der Waals surface area (Å²) in [7, 11) is -2.14. The molecule has 0 amide bonds. The Bertz CT molecular complexity index is 562. The molecule has 1 aliphatic heterocycles. The largest absolute Gasteiger partial charge is 0.480 e. The molecular weight excluding hydrogens is 272 g/mol. The van der Waals surface area contributed by atoms with E-state index in [1.165, 1.54) is 21.4 Å². The number of aromatic nitrogens is 2. The van der Waals surface area contributed by atoms with Gasteiger partial charge in [0.05, 0.1) is 6.20 Å². The molecule has 0 bridgehead atoms. The Morgan fingerprint density at radius 2 is 2.11 bits per heavy atom. The standard InChI is InChI=1S/C10H16N4O4S/c1-13-7-8(6-11-13)9(10(15)16)12-19(17,18)14-4-2-3-5-14/h6-7,9,12H,2-5H2,1H3,(H,15,16). The average Bonchev–Trinajstić information content (AvgIpc) is 2.96. The van der Waals surface area contributed by atoms with E-state index in [1.54, 1.807) is 7.05 Å². The van der Waals surface area contributed by atoms with Crippen LogP contribution in [0.1, 0.15) is 24.4 Å². The van der Waals surface area contributed by atoms with Crippen LogP contribution in [0.5, 0.6) is 0 Å². The lowest BCUT2D eigenvalue weighted by Crippen LogP contribution is -2.43. The Balaban J connectivity index is 2.19. The van der Waals surface area contributed by atoms with Gasteiger partial charge in [-0.2, -0.15) is 22.5 Å². The van der Waals surface area contributed by atoms with Crippen molar-refractivity contribution < 1.29 is 18.3 Å². The second kappa shape index (κ2) is 5.27. The highest BCUT2D eigenvalue weighted by atomic mass is 32.2. The number of hydrogen-bond donors (Lipinski definition) is 2. The van der Waals surface area contributed by atoms with Crippen LogP contribution >= 0.6 is 0 Å². The van der Waals surface area contributed by atoms with Gasteiger partial charge in [-0.3, -0.25) is 9.48 Å². The summed E-state index contributed by atoms with van der Waals surface area (Å²) >= 11 is 0. The Kier molecular flexibility index (Phi) is 3.88. The van der Waals surface area contributed by atoms with E-state index in [2.05, 4.69) is 9.82 Å². The van der Waals surface area contributed by atoms with Crippen molar-refractivity contribution in [3.8, 4) is 0 Å². The predicted molar refractivity (Wildman–Crippen MR) is 66.4 cm³/mol. The molecule has 0 radical (unpaired) electrons. The first kappa shape index (κ1) is 14.0. The Hall–Kier alpha value is -1.45. The van der Waals surface area contributed by atoms with Crippen molar-refractivity contribution in [1.82, 2.24) is 18.8 Å². The van der Waals surface area contributed by atoms with Crippen LogP contribution in [0.4, 0.5) is 0 Å². The third-order valence-electron chi connectivity index (χ3n) is 2.98. The molecular formula is C10H16N4O4S. The zero-order valence-corrected chi connectivity index (χ0v) is 11.3. The van der Waals surface area contributed by atoms with Crippen molar-refractivity contribution in [3.63, 3.8) is 0 Å². The van der Waals surface area contributed by atoms with Crippen LogP contribution < -0.4 is 4.72 Å². The van der Waals surface area contributed by atoms with Crippen LogP contribution in [0.3, 0.4) is 0 Å². The number of nitrogens with one attached hydrogen (secondary N) is 1. The molecule has 1 atom stereocenters. The van der Waals surface area contributed by atoms with E-state index in [0.717, 1.165) is 12.8 Å². The van der Waals surface area contributed by atoms with Gasteiger partial charge < -0.3 is 5.11 Å². The van der Waals surface area contributed by atoms with E-state index in [0.29, 0.717) is 18.7 Å². The Morgan fingerprint density at radius 3 is 2.58 bits per heavy atom. The zero-order chi connectivity index (χ0) is 14.0. The fourth-order valence-electron chi connectivity index (χ4n) is 2.00. The van der Waals surface area contributed by atoms with Crippen molar-refractivity contribution in [3.05, 3.63) is 18.0 Å². The van der Waals surface area contributed by atoms with E-state index in [4.69, 9.17) is 5.11 Å². The summed E-state index contributed by atoms with van der Waals surface area (Å²) in [4.78, 5) is 11.2. The van der Waals surface area contributed by atoms with Gasteiger partial charge in [0.25, 0.3) is 10.2 Å². The van der Waals surface area contributed by atoms with Gasteiger partial charge in [0, 0.05) is 31.9 Å².